The number of rotatable bonds is 4. The SMILES string of the molecule is CS(=O)(=O)c1cc([N+](=O)[O-])c(N2CCCC2C2CCC2)s1. The Hall–Kier alpha value is -1.15. The summed E-state index contributed by atoms with van der Waals surface area (Å²) in [5.74, 6) is 0.607. The lowest BCUT2D eigenvalue weighted by Crippen LogP contribution is -2.38. The Bertz CT molecular complexity index is 664. The molecule has 1 aromatic rings. The molecule has 2 aliphatic rings. The van der Waals surface area contributed by atoms with E-state index < -0.39 is 14.8 Å². The van der Waals surface area contributed by atoms with Gasteiger partial charge in [0.2, 0.25) is 0 Å². The molecule has 1 aromatic heterocycles. The highest BCUT2D eigenvalue weighted by Gasteiger charge is 2.39. The minimum Gasteiger partial charge on any atom is -0.355 e. The molecule has 8 heteroatoms. The first kappa shape index (κ1) is 14.8. The van der Waals surface area contributed by atoms with Crippen LogP contribution in [0.25, 0.3) is 0 Å². The lowest BCUT2D eigenvalue weighted by Gasteiger charge is -2.37. The van der Waals surface area contributed by atoms with Crippen molar-refractivity contribution in [3.05, 3.63) is 16.2 Å². The fraction of sp³-hybridized carbons (Fsp3) is 0.692. The Morgan fingerprint density at radius 3 is 2.57 bits per heavy atom. The maximum absolute atomic E-state index is 11.7. The fourth-order valence-corrected chi connectivity index (χ4v) is 5.34. The molecule has 1 aliphatic carbocycles. The molecule has 3 rings (SSSR count). The maximum Gasteiger partial charge on any atom is 0.305 e. The molecule has 2 heterocycles. The highest BCUT2D eigenvalue weighted by Crippen LogP contribution is 2.46. The van der Waals surface area contributed by atoms with Crippen LogP contribution in [-0.4, -0.2) is 32.2 Å². The van der Waals surface area contributed by atoms with Gasteiger partial charge in [-0.1, -0.05) is 17.8 Å². The van der Waals surface area contributed by atoms with E-state index in [4.69, 9.17) is 0 Å². The predicted octanol–water partition coefficient (Wildman–Crippen LogP) is 2.83. The molecule has 6 nitrogen and oxygen atoms in total. The van der Waals surface area contributed by atoms with Crippen molar-refractivity contribution in [1.82, 2.24) is 0 Å². The number of sulfone groups is 1. The van der Waals surface area contributed by atoms with Crippen molar-refractivity contribution in [2.24, 2.45) is 5.92 Å². The lowest BCUT2D eigenvalue weighted by atomic mass is 9.79. The number of thiophene rings is 1. The van der Waals surface area contributed by atoms with Gasteiger partial charge in [-0.15, -0.1) is 0 Å². The molecule has 0 radical (unpaired) electrons. The van der Waals surface area contributed by atoms with Crippen molar-refractivity contribution in [1.29, 1.82) is 0 Å². The van der Waals surface area contributed by atoms with Gasteiger partial charge in [0.05, 0.1) is 4.92 Å². The lowest BCUT2D eigenvalue weighted by molar-refractivity contribution is -0.383. The van der Waals surface area contributed by atoms with Crippen LogP contribution in [-0.2, 0) is 9.84 Å². The minimum absolute atomic E-state index is 0.0633. The molecule has 1 saturated heterocycles. The van der Waals surface area contributed by atoms with E-state index in [9.17, 15) is 18.5 Å². The van der Waals surface area contributed by atoms with Gasteiger partial charge >= 0.3 is 5.69 Å². The van der Waals surface area contributed by atoms with Crippen LogP contribution in [0.4, 0.5) is 10.7 Å². The molecule has 0 spiro atoms. The van der Waals surface area contributed by atoms with Crippen molar-refractivity contribution in [2.45, 2.75) is 42.4 Å². The molecule has 1 unspecified atom stereocenters. The smallest absolute Gasteiger partial charge is 0.305 e. The number of anilines is 1. The van der Waals surface area contributed by atoms with Crippen molar-refractivity contribution < 1.29 is 13.3 Å². The van der Waals surface area contributed by atoms with Crippen LogP contribution in [0.3, 0.4) is 0 Å². The van der Waals surface area contributed by atoms with Gasteiger partial charge in [0.15, 0.2) is 14.8 Å². The predicted molar refractivity (Wildman–Crippen MR) is 81.8 cm³/mol. The third-order valence-corrected chi connectivity index (χ3v) is 7.45. The third kappa shape index (κ3) is 2.66. The number of hydrogen-bond acceptors (Lipinski definition) is 6. The largest absolute Gasteiger partial charge is 0.355 e. The topological polar surface area (TPSA) is 80.5 Å². The standard InChI is InChI=1S/C13H18N2O4S2/c1-21(18,19)12-8-11(15(16)17)13(20-12)14-7-3-6-10(14)9-4-2-5-9/h8-10H,2-7H2,1H3. The van der Waals surface area contributed by atoms with E-state index >= 15 is 0 Å². The third-order valence-electron chi connectivity index (χ3n) is 4.49. The first-order valence-corrected chi connectivity index (χ1v) is 9.83. The molecule has 1 aliphatic heterocycles. The Labute approximate surface area is 127 Å². The Balaban J connectivity index is 2.00. The summed E-state index contributed by atoms with van der Waals surface area (Å²) in [6.45, 7) is 0.783. The van der Waals surface area contributed by atoms with Gasteiger partial charge in [0.25, 0.3) is 0 Å². The van der Waals surface area contributed by atoms with E-state index in [2.05, 4.69) is 4.90 Å². The molecule has 1 saturated carbocycles. The highest BCUT2D eigenvalue weighted by molar-refractivity contribution is 7.92. The van der Waals surface area contributed by atoms with Crippen molar-refractivity contribution in [3.63, 3.8) is 0 Å². The van der Waals surface area contributed by atoms with Crippen LogP contribution in [0.2, 0.25) is 0 Å². The van der Waals surface area contributed by atoms with Crippen LogP contribution in [0.15, 0.2) is 10.3 Å². The zero-order chi connectivity index (χ0) is 15.2. The number of nitrogens with zero attached hydrogens (tertiary/aromatic N) is 2. The van der Waals surface area contributed by atoms with Gasteiger partial charge in [0, 0.05) is 24.9 Å². The summed E-state index contributed by atoms with van der Waals surface area (Å²) in [7, 11) is -3.41. The van der Waals surface area contributed by atoms with E-state index in [0.717, 1.165) is 37.0 Å². The number of nitro groups is 1. The Morgan fingerprint density at radius 2 is 2.05 bits per heavy atom. The van der Waals surface area contributed by atoms with E-state index in [1.54, 1.807) is 0 Å². The van der Waals surface area contributed by atoms with Crippen LogP contribution >= 0.6 is 11.3 Å². The molecule has 0 bridgehead atoms. The average molecular weight is 330 g/mol. The summed E-state index contributed by atoms with van der Waals surface area (Å²) in [5.41, 5.74) is -0.0633. The molecule has 2 fully saturated rings. The van der Waals surface area contributed by atoms with Crippen molar-refractivity contribution >= 4 is 31.9 Å². The molecular formula is C13H18N2O4S2. The highest BCUT2D eigenvalue weighted by atomic mass is 32.2. The first-order valence-electron chi connectivity index (χ1n) is 7.13. The molecule has 1 atom stereocenters. The summed E-state index contributed by atoms with van der Waals surface area (Å²) in [4.78, 5) is 12.9. The normalized spacial score (nSPS) is 23.3. The van der Waals surface area contributed by atoms with E-state index in [1.165, 1.54) is 25.3 Å². The molecule has 0 N–H and O–H groups in total. The molecule has 21 heavy (non-hydrogen) atoms. The van der Waals surface area contributed by atoms with Gasteiger partial charge in [-0.3, -0.25) is 10.1 Å². The second kappa shape index (κ2) is 5.24. The van der Waals surface area contributed by atoms with Gasteiger partial charge in [-0.25, -0.2) is 8.42 Å². The second-order valence-corrected chi connectivity index (χ2v) is 9.15. The van der Waals surface area contributed by atoms with Crippen LogP contribution < -0.4 is 4.90 Å². The summed E-state index contributed by atoms with van der Waals surface area (Å²) >= 11 is 1.04. The van der Waals surface area contributed by atoms with Crippen molar-refractivity contribution in [3.8, 4) is 0 Å². The first-order chi connectivity index (χ1) is 9.88. The van der Waals surface area contributed by atoms with Crippen molar-refractivity contribution in [2.75, 3.05) is 17.7 Å². The minimum atomic E-state index is -3.41. The zero-order valence-corrected chi connectivity index (χ0v) is 13.5. The van der Waals surface area contributed by atoms with Crippen LogP contribution in [0, 0.1) is 16.0 Å². The van der Waals surface area contributed by atoms with Gasteiger partial charge in [0.1, 0.15) is 4.21 Å². The number of hydrogen-bond donors (Lipinski definition) is 0. The van der Waals surface area contributed by atoms with E-state index in [1.807, 2.05) is 0 Å². The summed E-state index contributed by atoms with van der Waals surface area (Å²) < 4.78 is 23.5. The average Bonchev–Trinajstić information content (AvgIpc) is 2.90. The Morgan fingerprint density at radius 1 is 1.33 bits per heavy atom. The molecule has 0 amide bonds. The molecule has 116 valence electrons. The summed E-state index contributed by atoms with van der Waals surface area (Å²) in [5, 5.41) is 11.8. The van der Waals surface area contributed by atoms with E-state index in [0.29, 0.717) is 17.0 Å². The van der Waals surface area contributed by atoms with Crippen LogP contribution in [0.1, 0.15) is 32.1 Å². The zero-order valence-electron chi connectivity index (χ0n) is 11.8. The van der Waals surface area contributed by atoms with Crippen LogP contribution in [0.5, 0.6) is 0 Å². The van der Waals surface area contributed by atoms with Gasteiger partial charge < -0.3 is 4.90 Å². The quantitative estimate of drug-likeness (QED) is 0.626. The van der Waals surface area contributed by atoms with E-state index in [-0.39, 0.29) is 9.90 Å². The molecular weight excluding hydrogens is 312 g/mol. The molecule has 0 aromatic carbocycles. The van der Waals surface area contributed by atoms with Gasteiger partial charge in [-0.2, -0.15) is 0 Å². The monoisotopic (exact) mass is 330 g/mol. The van der Waals surface area contributed by atoms with Gasteiger partial charge in [-0.05, 0) is 31.6 Å². The maximum atomic E-state index is 11.7. The fourth-order valence-electron chi connectivity index (χ4n) is 3.23. The summed E-state index contributed by atoms with van der Waals surface area (Å²) in [6, 6.07) is 1.55. The Kier molecular flexibility index (Phi) is 3.69. The summed E-state index contributed by atoms with van der Waals surface area (Å²) in [6.07, 6.45) is 6.76. The second-order valence-electron chi connectivity index (χ2n) is 5.88.